The van der Waals surface area contributed by atoms with Crippen molar-refractivity contribution in [1.29, 1.82) is 0 Å². The predicted molar refractivity (Wildman–Crippen MR) is 62.1 cm³/mol. The molecule has 2 heteroatoms. The second-order valence-corrected chi connectivity index (χ2v) is 6.07. The molecule has 16 heavy (non-hydrogen) atoms. The molecule has 2 fully saturated rings. The Balaban J connectivity index is 1.96. The molecule has 3 atom stereocenters. The van der Waals surface area contributed by atoms with Gasteiger partial charge in [0.2, 0.25) is 0 Å². The van der Waals surface area contributed by atoms with Crippen LogP contribution in [0.2, 0.25) is 0 Å². The van der Waals surface area contributed by atoms with Crippen molar-refractivity contribution in [2.45, 2.75) is 51.6 Å². The standard InChI is InChI=1S/C14H20O2/c1-13-7-10-3-4-11(16-2)8-14(10,9-13)6-5-12(13)15/h7,11H,3-6,8-9H2,1-2H3/t11?,13?,14-/m0/s1. The van der Waals surface area contributed by atoms with Crippen LogP contribution in [0.4, 0.5) is 0 Å². The summed E-state index contributed by atoms with van der Waals surface area (Å²) in [6.45, 7) is 2.13. The molecule has 3 aliphatic rings. The topological polar surface area (TPSA) is 26.3 Å². The first-order valence-electron chi connectivity index (χ1n) is 6.36. The Kier molecular flexibility index (Phi) is 2.10. The summed E-state index contributed by atoms with van der Waals surface area (Å²) < 4.78 is 5.53. The largest absolute Gasteiger partial charge is 0.381 e. The molecule has 0 heterocycles. The Hall–Kier alpha value is -0.630. The number of ether oxygens (including phenoxy) is 1. The van der Waals surface area contributed by atoms with Gasteiger partial charge in [0, 0.05) is 18.9 Å². The summed E-state index contributed by atoms with van der Waals surface area (Å²) >= 11 is 0. The molecule has 0 aromatic heterocycles. The Bertz CT molecular complexity index is 371. The van der Waals surface area contributed by atoms with Crippen LogP contribution >= 0.6 is 0 Å². The van der Waals surface area contributed by atoms with E-state index in [4.69, 9.17) is 4.74 Å². The fourth-order valence-electron chi connectivity index (χ4n) is 4.17. The zero-order valence-electron chi connectivity index (χ0n) is 10.2. The number of fused-ring (bicyclic) bond motifs is 1. The Morgan fingerprint density at radius 3 is 3.00 bits per heavy atom. The number of methoxy groups -OCH3 is 1. The molecule has 2 unspecified atom stereocenters. The SMILES string of the molecule is COC1CCC2=CC3(C)C[C@]2(CCC3=O)C1. The molecule has 0 N–H and O–H groups in total. The fourth-order valence-corrected chi connectivity index (χ4v) is 4.17. The summed E-state index contributed by atoms with van der Waals surface area (Å²) in [5.74, 6) is 0.453. The highest BCUT2D eigenvalue weighted by molar-refractivity contribution is 5.88. The minimum Gasteiger partial charge on any atom is -0.381 e. The molecule has 88 valence electrons. The lowest BCUT2D eigenvalue weighted by Gasteiger charge is -2.43. The van der Waals surface area contributed by atoms with Gasteiger partial charge in [0.05, 0.1) is 6.10 Å². The third-order valence-corrected chi connectivity index (χ3v) is 5.03. The molecule has 1 spiro atoms. The molecule has 0 aromatic rings. The number of hydrogen-bond donors (Lipinski definition) is 0. The lowest BCUT2D eigenvalue weighted by atomic mass is 9.61. The van der Waals surface area contributed by atoms with Gasteiger partial charge in [-0.15, -0.1) is 0 Å². The van der Waals surface area contributed by atoms with Crippen LogP contribution in [0.5, 0.6) is 0 Å². The van der Waals surface area contributed by atoms with Crippen molar-refractivity contribution in [2.75, 3.05) is 7.11 Å². The number of carbonyl (C=O) groups excluding carboxylic acids is 1. The second kappa shape index (κ2) is 3.19. The number of carbonyl (C=O) groups is 1. The van der Waals surface area contributed by atoms with Gasteiger partial charge in [-0.1, -0.05) is 11.6 Å². The zero-order chi connectivity index (χ0) is 11.4. The lowest BCUT2D eigenvalue weighted by Crippen LogP contribution is -2.39. The molecular formula is C14H20O2. The Morgan fingerprint density at radius 2 is 2.25 bits per heavy atom. The highest BCUT2D eigenvalue weighted by atomic mass is 16.5. The molecule has 0 aliphatic heterocycles. The van der Waals surface area contributed by atoms with Crippen molar-refractivity contribution in [3.63, 3.8) is 0 Å². The summed E-state index contributed by atoms with van der Waals surface area (Å²) in [5, 5.41) is 0. The summed E-state index contributed by atoms with van der Waals surface area (Å²) in [4.78, 5) is 12.0. The van der Waals surface area contributed by atoms with Crippen molar-refractivity contribution in [2.24, 2.45) is 10.8 Å². The van der Waals surface area contributed by atoms with Gasteiger partial charge in [0.25, 0.3) is 0 Å². The maximum Gasteiger partial charge on any atom is 0.142 e. The van der Waals surface area contributed by atoms with Gasteiger partial charge >= 0.3 is 0 Å². The number of allylic oxidation sites excluding steroid dienone is 2. The Morgan fingerprint density at radius 1 is 1.44 bits per heavy atom. The molecule has 2 saturated carbocycles. The number of hydrogen-bond acceptors (Lipinski definition) is 2. The third kappa shape index (κ3) is 1.26. The first-order valence-corrected chi connectivity index (χ1v) is 6.36. The van der Waals surface area contributed by atoms with Crippen LogP contribution in [0, 0.1) is 10.8 Å². The predicted octanol–water partition coefficient (Wildman–Crippen LogP) is 2.87. The first-order chi connectivity index (χ1) is 7.58. The van der Waals surface area contributed by atoms with Crippen molar-refractivity contribution in [3.05, 3.63) is 11.6 Å². The van der Waals surface area contributed by atoms with Crippen LogP contribution in [-0.4, -0.2) is 19.0 Å². The summed E-state index contributed by atoms with van der Waals surface area (Å²) in [6.07, 6.45) is 9.00. The first kappa shape index (κ1) is 10.5. The molecule has 3 aliphatic carbocycles. The number of rotatable bonds is 1. The van der Waals surface area contributed by atoms with Gasteiger partial charge < -0.3 is 4.74 Å². The van der Waals surface area contributed by atoms with E-state index in [9.17, 15) is 4.79 Å². The number of ketones is 1. The van der Waals surface area contributed by atoms with Crippen LogP contribution in [0.15, 0.2) is 11.6 Å². The molecule has 2 bridgehead atoms. The van der Waals surface area contributed by atoms with Gasteiger partial charge in [-0.2, -0.15) is 0 Å². The van der Waals surface area contributed by atoms with Crippen molar-refractivity contribution in [3.8, 4) is 0 Å². The van der Waals surface area contributed by atoms with E-state index in [0.717, 1.165) is 38.5 Å². The molecule has 0 saturated heterocycles. The minimum atomic E-state index is -0.143. The quantitative estimate of drug-likeness (QED) is 0.635. The monoisotopic (exact) mass is 220 g/mol. The van der Waals surface area contributed by atoms with Crippen LogP contribution in [-0.2, 0) is 9.53 Å². The van der Waals surface area contributed by atoms with Crippen LogP contribution in [0.25, 0.3) is 0 Å². The van der Waals surface area contributed by atoms with E-state index in [-0.39, 0.29) is 5.41 Å². The lowest BCUT2D eigenvalue weighted by molar-refractivity contribution is -0.130. The summed E-state index contributed by atoms with van der Waals surface area (Å²) in [5.41, 5.74) is 1.74. The highest BCUT2D eigenvalue weighted by Crippen LogP contribution is 2.61. The average molecular weight is 220 g/mol. The van der Waals surface area contributed by atoms with E-state index in [1.165, 1.54) is 0 Å². The van der Waals surface area contributed by atoms with Gasteiger partial charge in [0.15, 0.2) is 0 Å². The van der Waals surface area contributed by atoms with Crippen molar-refractivity contribution >= 4 is 5.78 Å². The van der Waals surface area contributed by atoms with E-state index >= 15 is 0 Å². The maximum absolute atomic E-state index is 12.0. The molecule has 0 radical (unpaired) electrons. The summed E-state index contributed by atoms with van der Waals surface area (Å²) in [6, 6.07) is 0. The second-order valence-electron chi connectivity index (χ2n) is 6.07. The zero-order valence-corrected chi connectivity index (χ0v) is 10.2. The highest BCUT2D eigenvalue weighted by Gasteiger charge is 2.54. The fraction of sp³-hybridized carbons (Fsp3) is 0.786. The minimum absolute atomic E-state index is 0.143. The van der Waals surface area contributed by atoms with E-state index in [2.05, 4.69) is 13.0 Å². The van der Waals surface area contributed by atoms with Crippen LogP contribution in [0.1, 0.15) is 45.4 Å². The van der Waals surface area contributed by atoms with Crippen LogP contribution in [0.3, 0.4) is 0 Å². The molecule has 3 rings (SSSR count). The van der Waals surface area contributed by atoms with Gasteiger partial charge in [-0.25, -0.2) is 0 Å². The van der Waals surface area contributed by atoms with Crippen LogP contribution < -0.4 is 0 Å². The number of Topliss-reactive ketones (excluding diaryl/α,β-unsaturated/α-hetero) is 1. The van der Waals surface area contributed by atoms with E-state index < -0.39 is 0 Å². The van der Waals surface area contributed by atoms with Crippen molar-refractivity contribution < 1.29 is 9.53 Å². The smallest absolute Gasteiger partial charge is 0.142 e. The third-order valence-electron chi connectivity index (χ3n) is 5.03. The average Bonchev–Trinajstić information content (AvgIpc) is 2.53. The maximum atomic E-state index is 12.0. The van der Waals surface area contributed by atoms with Gasteiger partial charge in [-0.05, 0) is 44.4 Å². The van der Waals surface area contributed by atoms with E-state index in [0.29, 0.717) is 17.3 Å². The van der Waals surface area contributed by atoms with Gasteiger partial charge in [-0.3, -0.25) is 4.79 Å². The van der Waals surface area contributed by atoms with Gasteiger partial charge in [0.1, 0.15) is 5.78 Å². The molecular weight excluding hydrogens is 200 g/mol. The molecule has 0 aromatic carbocycles. The normalized spacial score (nSPS) is 46.5. The molecule has 2 nitrogen and oxygen atoms in total. The van der Waals surface area contributed by atoms with E-state index in [1.54, 1.807) is 5.57 Å². The van der Waals surface area contributed by atoms with E-state index in [1.807, 2.05) is 7.11 Å². The Labute approximate surface area is 97.1 Å². The molecule has 0 amide bonds. The van der Waals surface area contributed by atoms with Crippen molar-refractivity contribution in [1.82, 2.24) is 0 Å². The summed E-state index contributed by atoms with van der Waals surface area (Å²) in [7, 11) is 1.82.